The minimum atomic E-state index is -0.0782. The minimum absolute atomic E-state index is 0.00555. The second-order valence-electron chi connectivity index (χ2n) is 7.20. The molecule has 1 heterocycles. The van der Waals surface area contributed by atoms with Crippen molar-refractivity contribution in [3.8, 4) is 5.75 Å². The number of methoxy groups -OCH3 is 1. The summed E-state index contributed by atoms with van der Waals surface area (Å²) < 4.78 is 5.13. The van der Waals surface area contributed by atoms with Crippen LogP contribution in [0.15, 0.2) is 48.5 Å². The Morgan fingerprint density at radius 2 is 1.52 bits per heavy atom. The largest absolute Gasteiger partial charge is 0.497 e. The third kappa shape index (κ3) is 5.22. The molecule has 1 fully saturated rings. The van der Waals surface area contributed by atoms with Crippen LogP contribution < -0.4 is 4.74 Å². The smallest absolute Gasteiger partial charge is 0.253 e. The lowest BCUT2D eigenvalue weighted by Gasteiger charge is -2.35. The molecule has 0 N–H and O–H groups in total. The van der Waals surface area contributed by atoms with Crippen molar-refractivity contribution in [1.29, 1.82) is 0 Å². The Morgan fingerprint density at radius 1 is 0.862 bits per heavy atom. The standard InChI is InChI=1S/C23H26N2O4/c1-17-5-3-7-19(15-17)23(28)25-13-11-24(12-14-25)22(27)10-9-21(26)18-6-4-8-20(16-18)29-2/h3-8,15-16H,9-14H2,1-2H3. The Balaban J connectivity index is 1.48. The van der Waals surface area contributed by atoms with Gasteiger partial charge in [0.05, 0.1) is 7.11 Å². The predicted molar refractivity (Wildman–Crippen MR) is 110 cm³/mol. The molecule has 0 aliphatic carbocycles. The zero-order chi connectivity index (χ0) is 20.8. The van der Waals surface area contributed by atoms with E-state index in [1.54, 1.807) is 41.2 Å². The van der Waals surface area contributed by atoms with Crippen molar-refractivity contribution in [2.75, 3.05) is 33.3 Å². The molecule has 1 aliphatic rings. The summed E-state index contributed by atoms with van der Waals surface area (Å²) in [6.45, 7) is 3.94. The molecule has 2 aromatic rings. The first-order valence-corrected chi connectivity index (χ1v) is 9.79. The molecule has 3 rings (SSSR count). The first kappa shape index (κ1) is 20.6. The molecule has 1 saturated heterocycles. The van der Waals surface area contributed by atoms with Crippen LogP contribution in [0.1, 0.15) is 39.1 Å². The van der Waals surface area contributed by atoms with E-state index < -0.39 is 0 Å². The lowest BCUT2D eigenvalue weighted by atomic mass is 10.1. The van der Waals surface area contributed by atoms with Crippen LogP contribution in [0.2, 0.25) is 0 Å². The number of benzene rings is 2. The van der Waals surface area contributed by atoms with Gasteiger partial charge in [-0.05, 0) is 31.2 Å². The van der Waals surface area contributed by atoms with E-state index in [0.717, 1.165) is 5.56 Å². The fourth-order valence-corrected chi connectivity index (χ4v) is 3.44. The van der Waals surface area contributed by atoms with Gasteiger partial charge in [-0.3, -0.25) is 14.4 Å². The number of carbonyl (C=O) groups excluding carboxylic acids is 3. The number of rotatable bonds is 6. The van der Waals surface area contributed by atoms with Gasteiger partial charge in [-0.15, -0.1) is 0 Å². The topological polar surface area (TPSA) is 66.9 Å². The van der Waals surface area contributed by atoms with Gasteiger partial charge in [0.25, 0.3) is 5.91 Å². The number of aryl methyl sites for hydroxylation is 1. The van der Waals surface area contributed by atoms with Crippen LogP contribution in [-0.4, -0.2) is 60.7 Å². The highest BCUT2D eigenvalue weighted by atomic mass is 16.5. The molecular formula is C23H26N2O4. The van der Waals surface area contributed by atoms with Gasteiger partial charge in [-0.1, -0.05) is 29.8 Å². The van der Waals surface area contributed by atoms with E-state index in [0.29, 0.717) is 43.1 Å². The summed E-state index contributed by atoms with van der Waals surface area (Å²) in [6, 6.07) is 14.5. The molecule has 6 nitrogen and oxygen atoms in total. The summed E-state index contributed by atoms with van der Waals surface area (Å²) in [6.07, 6.45) is 0.330. The van der Waals surface area contributed by atoms with Gasteiger partial charge >= 0.3 is 0 Å². The quantitative estimate of drug-likeness (QED) is 0.707. The molecule has 1 aliphatic heterocycles. The van der Waals surface area contributed by atoms with Crippen molar-refractivity contribution in [2.24, 2.45) is 0 Å². The number of piperazine rings is 1. The van der Waals surface area contributed by atoms with Gasteiger partial charge in [0.15, 0.2) is 5.78 Å². The third-order valence-electron chi connectivity index (χ3n) is 5.14. The average molecular weight is 394 g/mol. The summed E-state index contributed by atoms with van der Waals surface area (Å²) in [5.41, 5.74) is 2.27. The maximum Gasteiger partial charge on any atom is 0.253 e. The number of Topliss-reactive ketones (excluding diaryl/α,β-unsaturated/α-hetero) is 1. The summed E-state index contributed by atoms with van der Waals surface area (Å²) in [4.78, 5) is 41.0. The van der Waals surface area contributed by atoms with E-state index in [4.69, 9.17) is 4.74 Å². The van der Waals surface area contributed by atoms with Gasteiger partial charge in [0.1, 0.15) is 5.75 Å². The van der Waals surface area contributed by atoms with E-state index in [1.807, 2.05) is 31.2 Å². The van der Waals surface area contributed by atoms with E-state index in [2.05, 4.69) is 0 Å². The van der Waals surface area contributed by atoms with E-state index >= 15 is 0 Å². The molecule has 0 bridgehead atoms. The number of hydrogen-bond donors (Lipinski definition) is 0. The van der Waals surface area contributed by atoms with Crippen molar-refractivity contribution >= 4 is 17.6 Å². The molecule has 0 radical (unpaired) electrons. The Bertz CT molecular complexity index is 901. The monoisotopic (exact) mass is 394 g/mol. The van der Waals surface area contributed by atoms with Gasteiger partial charge in [0, 0.05) is 50.1 Å². The number of nitrogens with zero attached hydrogens (tertiary/aromatic N) is 2. The van der Waals surface area contributed by atoms with Crippen LogP contribution in [0.3, 0.4) is 0 Å². The zero-order valence-corrected chi connectivity index (χ0v) is 16.9. The van der Waals surface area contributed by atoms with Crippen LogP contribution in [0.5, 0.6) is 5.75 Å². The van der Waals surface area contributed by atoms with Crippen LogP contribution in [0.4, 0.5) is 0 Å². The maximum absolute atomic E-state index is 12.6. The lowest BCUT2D eigenvalue weighted by Crippen LogP contribution is -2.50. The number of carbonyl (C=O) groups is 3. The van der Waals surface area contributed by atoms with Gasteiger partial charge in [0.2, 0.25) is 5.91 Å². The van der Waals surface area contributed by atoms with Crippen LogP contribution in [0, 0.1) is 6.92 Å². The molecule has 6 heteroatoms. The predicted octanol–water partition coefficient (Wildman–Crippen LogP) is 2.95. The van der Waals surface area contributed by atoms with Crippen molar-refractivity contribution < 1.29 is 19.1 Å². The minimum Gasteiger partial charge on any atom is -0.497 e. The fraction of sp³-hybridized carbons (Fsp3) is 0.348. The highest BCUT2D eigenvalue weighted by Gasteiger charge is 2.25. The van der Waals surface area contributed by atoms with Crippen LogP contribution >= 0.6 is 0 Å². The van der Waals surface area contributed by atoms with Crippen LogP contribution in [0.25, 0.3) is 0 Å². The number of amides is 2. The SMILES string of the molecule is COc1cccc(C(=O)CCC(=O)N2CCN(C(=O)c3cccc(C)c3)CC2)c1. The Morgan fingerprint density at radius 3 is 2.21 bits per heavy atom. The molecule has 152 valence electrons. The molecule has 2 amide bonds. The number of ketones is 1. The average Bonchev–Trinajstić information content (AvgIpc) is 2.76. The van der Waals surface area contributed by atoms with E-state index in [1.165, 1.54) is 0 Å². The Kier molecular flexibility index (Phi) is 6.65. The molecule has 2 aromatic carbocycles. The number of ether oxygens (including phenoxy) is 1. The molecule has 0 aromatic heterocycles. The van der Waals surface area contributed by atoms with Gasteiger partial charge in [-0.2, -0.15) is 0 Å². The Hall–Kier alpha value is -3.15. The highest BCUT2D eigenvalue weighted by molar-refractivity contribution is 5.98. The number of hydrogen-bond acceptors (Lipinski definition) is 4. The summed E-state index contributed by atoms with van der Waals surface area (Å²) in [7, 11) is 1.55. The summed E-state index contributed by atoms with van der Waals surface area (Å²) in [5, 5.41) is 0. The molecule has 29 heavy (non-hydrogen) atoms. The summed E-state index contributed by atoms with van der Waals surface area (Å²) >= 11 is 0. The fourth-order valence-electron chi connectivity index (χ4n) is 3.44. The normalized spacial score (nSPS) is 13.9. The van der Waals surface area contributed by atoms with Crippen LogP contribution in [-0.2, 0) is 4.79 Å². The van der Waals surface area contributed by atoms with Crippen molar-refractivity contribution in [3.05, 3.63) is 65.2 Å². The van der Waals surface area contributed by atoms with E-state index in [-0.39, 0.29) is 30.4 Å². The molecule has 0 spiro atoms. The molecular weight excluding hydrogens is 368 g/mol. The van der Waals surface area contributed by atoms with E-state index in [9.17, 15) is 14.4 Å². The van der Waals surface area contributed by atoms with Crippen molar-refractivity contribution in [3.63, 3.8) is 0 Å². The lowest BCUT2D eigenvalue weighted by molar-refractivity contribution is -0.132. The van der Waals surface area contributed by atoms with Crippen molar-refractivity contribution in [2.45, 2.75) is 19.8 Å². The highest BCUT2D eigenvalue weighted by Crippen LogP contribution is 2.16. The third-order valence-corrected chi connectivity index (χ3v) is 5.14. The maximum atomic E-state index is 12.6. The second-order valence-corrected chi connectivity index (χ2v) is 7.20. The van der Waals surface area contributed by atoms with Gasteiger partial charge in [-0.25, -0.2) is 0 Å². The van der Waals surface area contributed by atoms with Gasteiger partial charge < -0.3 is 14.5 Å². The summed E-state index contributed by atoms with van der Waals surface area (Å²) in [5.74, 6) is 0.486. The molecule has 0 unspecified atom stereocenters. The second kappa shape index (κ2) is 9.37. The Labute approximate surface area is 171 Å². The first-order chi connectivity index (χ1) is 14.0. The zero-order valence-electron chi connectivity index (χ0n) is 16.9. The molecule has 0 atom stereocenters. The van der Waals surface area contributed by atoms with Crippen molar-refractivity contribution in [1.82, 2.24) is 9.80 Å². The first-order valence-electron chi connectivity index (χ1n) is 9.79. The molecule has 0 saturated carbocycles.